The summed E-state index contributed by atoms with van der Waals surface area (Å²) in [7, 11) is 0. The average Bonchev–Trinajstić information content (AvgIpc) is 2.71. The molecule has 2 N–H and O–H groups in total. The Bertz CT molecular complexity index is 425. The lowest BCUT2D eigenvalue weighted by Crippen LogP contribution is -2.47. The topological polar surface area (TPSA) is 64.2 Å². The van der Waals surface area contributed by atoms with Crippen molar-refractivity contribution in [2.24, 2.45) is 0 Å². The van der Waals surface area contributed by atoms with Crippen molar-refractivity contribution in [3.63, 3.8) is 0 Å². The molecule has 0 aromatic carbocycles. The second-order valence-corrected chi connectivity index (χ2v) is 4.43. The minimum atomic E-state index is 0.0838. The van der Waals surface area contributed by atoms with Gasteiger partial charge in [-0.1, -0.05) is 0 Å². The minimum Gasteiger partial charge on any atom is -0.382 e. The van der Waals surface area contributed by atoms with Crippen LogP contribution in [0, 0.1) is 0 Å². The Morgan fingerprint density at radius 3 is 3.13 bits per heavy atom. The summed E-state index contributed by atoms with van der Waals surface area (Å²) in [5.41, 5.74) is 6.24. The number of rotatable bonds is 0. The predicted octanol–water partition coefficient (Wildman–Crippen LogP) is 0.472. The zero-order chi connectivity index (χ0) is 10.6. The SMILES string of the molecule is C[C@H]1CC[C@H]2Cn3nc(N)cc3C(=O)N21. The van der Waals surface area contributed by atoms with E-state index in [0.717, 1.165) is 19.4 Å². The summed E-state index contributed by atoms with van der Waals surface area (Å²) >= 11 is 0. The molecule has 1 aromatic rings. The smallest absolute Gasteiger partial charge is 0.272 e. The highest BCUT2D eigenvalue weighted by Gasteiger charge is 2.40. The van der Waals surface area contributed by atoms with Gasteiger partial charge in [0.2, 0.25) is 0 Å². The third kappa shape index (κ3) is 1.09. The number of hydrogen-bond donors (Lipinski definition) is 1. The van der Waals surface area contributed by atoms with E-state index >= 15 is 0 Å². The maximum absolute atomic E-state index is 12.1. The first-order valence-electron chi connectivity index (χ1n) is 5.33. The summed E-state index contributed by atoms with van der Waals surface area (Å²) < 4.78 is 1.75. The van der Waals surface area contributed by atoms with Crippen LogP contribution < -0.4 is 5.73 Å². The van der Waals surface area contributed by atoms with Crippen LogP contribution >= 0.6 is 0 Å². The number of hydrogen-bond acceptors (Lipinski definition) is 3. The summed E-state index contributed by atoms with van der Waals surface area (Å²) in [5.74, 6) is 0.521. The molecule has 0 unspecified atom stereocenters. The lowest BCUT2D eigenvalue weighted by atomic mass is 10.2. The zero-order valence-electron chi connectivity index (χ0n) is 8.68. The van der Waals surface area contributed by atoms with E-state index in [0.29, 0.717) is 23.6 Å². The molecular weight excluding hydrogens is 192 g/mol. The Balaban J connectivity index is 2.06. The van der Waals surface area contributed by atoms with E-state index in [2.05, 4.69) is 12.0 Å². The first-order valence-corrected chi connectivity index (χ1v) is 5.33. The van der Waals surface area contributed by atoms with Crippen molar-refractivity contribution in [3.8, 4) is 0 Å². The molecular formula is C10H14N4O. The minimum absolute atomic E-state index is 0.0838. The third-order valence-electron chi connectivity index (χ3n) is 3.42. The van der Waals surface area contributed by atoms with E-state index in [1.165, 1.54) is 0 Å². The van der Waals surface area contributed by atoms with Crippen molar-refractivity contribution in [2.75, 3.05) is 5.73 Å². The van der Waals surface area contributed by atoms with Crippen molar-refractivity contribution in [1.82, 2.24) is 14.7 Å². The van der Waals surface area contributed by atoms with Gasteiger partial charge in [0, 0.05) is 12.1 Å². The standard InChI is InChI=1S/C10H14N4O/c1-6-2-3-7-5-13-8(4-9(11)12-13)10(15)14(6)7/h4,6-7H,2-3,5H2,1H3,(H2,11,12)/t6-,7-/m0/s1. The molecule has 0 aliphatic carbocycles. The first-order chi connectivity index (χ1) is 7.16. The molecule has 5 nitrogen and oxygen atoms in total. The van der Waals surface area contributed by atoms with Crippen LogP contribution in [0.1, 0.15) is 30.3 Å². The van der Waals surface area contributed by atoms with E-state index < -0.39 is 0 Å². The van der Waals surface area contributed by atoms with Gasteiger partial charge in [0.1, 0.15) is 11.5 Å². The number of amides is 1. The molecule has 0 spiro atoms. The fourth-order valence-corrected chi connectivity index (χ4v) is 2.70. The number of fused-ring (bicyclic) bond motifs is 2. The van der Waals surface area contributed by atoms with Crippen LogP contribution in [0.4, 0.5) is 5.82 Å². The van der Waals surface area contributed by atoms with Gasteiger partial charge in [0.25, 0.3) is 5.91 Å². The molecule has 1 aromatic heterocycles. The van der Waals surface area contributed by atoms with E-state index in [1.807, 2.05) is 4.90 Å². The van der Waals surface area contributed by atoms with Crippen LogP contribution in [0.3, 0.4) is 0 Å². The lowest BCUT2D eigenvalue weighted by Gasteiger charge is -2.32. The Morgan fingerprint density at radius 1 is 1.53 bits per heavy atom. The van der Waals surface area contributed by atoms with E-state index in [1.54, 1.807) is 10.7 Å². The highest BCUT2D eigenvalue weighted by Crippen LogP contribution is 2.31. The molecule has 0 radical (unpaired) electrons. The summed E-state index contributed by atoms with van der Waals surface area (Å²) in [6.45, 7) is 2.90. The predicted molar refractivity (Wildman–Crippen MR) is 55.3 cm³/mol. The fraction of sp³-hybridized carbons (Fsp3) is 0.600. The molecule has 1 fully saturated rings. The highest BCUT2D eigenvalue weighted by atomic mass is 16.2. The summed E-state index contributed by atoms with van der Waals surface area (Å²) in [5, 5.41) is 4.13. The zero-order valence-corrected chi connectivity index (χ0v) is 8.68. The van der Waals surface area contributed by atoms with Crippen LogP contribution in [0.2, 0.25) is 0 Å². The molecule has 15 heavy (non-hydrogen) atoms. The molecule has 80 valence electrons. The highest BCUT2D eigenvalue weighted by molar-refractivity contribution is 5.94. The Hall–Kier alpha value is -1.52. The van der Waals surface area contributed by atoms with Crippen LogP contribution in [-0.2, 0) is 6.54 Å². The van der Waals surface area contributed by atoms with Crippen molar-refractivity contribution in [2.45, 2.75) is 38.4 Å². The lowest BCUT2D eigenvalue weighted by molar-refractivity contribution is 0.0595. The van der Waals surface area contributed by atoms with Crippen molar-refractivity contribution in [3.05, 3.63) is 11.8 Å². The monoisotopic (exact) mass is 206 g/mol. The number of nitrogens with zero attached hydrogens (tertiary/aromatic N) is 3. The summed E-state index contributed by atoms with van der Waals surface area (Å²) in [6.07, 6.45) is 2.17. The summed E-state index contributed by atoms with van der Waals surface area (Å²) in [4.78, 5) is 14.1. The van der Waals surface area contributed by atoms with Crippen LogP contribution in [0.15, 0.2) is 6.07 Å². The largest absolute Gasteiger partial charge is 0.382 e. The number of carbonyl (C=O) groups is 1. The van der Waals surface area contributed by atoms with Crippen LogP contribution in [-0.4, -0.2) is 32.7 Å². The maximum atomic E-state index is 12.1. The second-order valence-electron chi connectivity index (χ2n) is 4.43. The molecule has 1 amide bonds. The second kappa shape index (κ2) is 2.74. The molecule has 2 aliphatic rings. The maximum Gasteiger partial charge on any atom is 0.272 e. The fourth-order valence-electron chi connectivity index (χ4n) is 2.70. The van der Waals surface area contributed by atoms with Gasteiger partial charge in [-0.15, -0.1) is 0 Å². The number of aromatic nitrogens is 2. The number of nitrogen functional groups attached to an aromatic ring is 1. The van der Waals surface area contributed by atoms with Gasteiger partial charge in [-0.25, -0.2) is 0 Å². The number of carbonyl (C=O) groups excluding carboxylic acids is 1. The van der Waals surface area contributed by atoms with Gasteiger partial charge < -0.3 is 10.6 Å². The molecule has 0 saturated carbocycles. The van der Waals surface area contributed by atoms with Crippen LogP contribution in [0.25, 0.3) is 0 Å². The van der Waals surface area contributed by atoms with E-state index in [4.69, 9.17) is 5.73 Å². The molecule has 1 saturated heterocycles. The van der Waals surface area contributed by atoms with Crippen molar-refractivity contribution >= 4 is 11.7 Å². The van der Waals surface area contributed by atoms with Crippen molar-refractivity contribution < 1.29 is 4.79 Å². The van der Waals surface area contributed by atoms with Gasteiger partial charge in [-0.2, -0.15) is 5.10 Å². The third-order valence-corrected chi connectivity index (χ3v) is 3.42. The van der Waals surface area contributed by atoms with Gasteiger partial charge in [0.15, 0.2) is 0 Å². The van der Waals surface area contributed by atoms with E-state index in [-0.39, 0.29) is 5.91 Å². The van der Waals surface area contributed by atoms with Gasteiger partial charge in [0.05, 0.1) is 12.6 Å². The molecule has 0 bridgehead atoms. The quantitative estimate of drug-likeness (QED) is 0.671. The summed E-state index contributed by atoms with van der Waals surface area (Å²) in [6, 6.07) is 2.34. The number of nitrogens with two attached hydrogens (primary N) is 1. The molecule has 2 aliphatic heterocycles. The first kappa shape index (κ1) is 8.76. The molecule has 3 rings (SSSR count). The normalized spacial score (nSPS) is 29.1. The molecule has 5 heteroatoms. The molecule has 3 heterocycles. The van der Waals surface area contributed by atoms with Crippen LogP contribution in [0.5, 0.6) is 0 Å². The van der Waals surface area contributed by atoms with Gasteiger partial charge >= 0.3 is 0 Å². The Labute approximate surface area is 87.8 Å². The Morgan fingerprint density at radius 2 is 2.33 bits per heavy atom. The van der Waals surface area contributed by atoms with Gasteiger partial charge in [-0.05, 0) is 19.8 Å². The Kier molecular flexibility index (Phi) is 1.60. The van der Waals surface area contributed by atoms with Crippen molar-refractivity contribution in [1.29, 1.82) is 0 Å². The molecule has 2 atom stereocenters. The van der Waals surface area contributed by atoms with E-state index in [9.17, 15) is 4.79 Å². The average molecular weight is 206 g/mol. The van der Waals surface area contributed by atoms with Gasteiger partial charge in [-0.3, -0.25) is 9.48 Å². The number of anilines is 1.